The fourth-order valence-corrected chi connectivity index (χ4v) is 1.71. The Morgan fingerprint density at radius 1 is 1.50 bits per heavy atom. The van der Waals surface area contributed by atoms with Crippen LogP contribution in [0.3, 0.4) is 0 Å². The first-order chi connectivity index (χ1) is 6.67. The summed E-state index contributed by atoms with van der Waals surface area (Å²) in [6.07, 6.45) is 4.54. The molecule has 0 aromatic rings. The van der Waals surface area contributed by atoms with Gasteiger partial charge in [-0.25, -0.2) is 0 Å². The molecule has 14 heavy (non-hydrogen) atoms. The molecule has 0 aromatic carbocycles. The first-order valence-corrected chi connectivity index (χ1v) is 5.65. The van der Waals surface area contributed by atoms with Crippen molar-refractivity contribution in [1.82, 2.24) is 5.32 Å². The predicted octanol–water partition coefficient (Wildman–Crippen LogP) is 1.28. The maximum atomic E-state index is 11.6. The molecule has 0 radical (unpaired) electrons. The van der Waals surface area contributed by atoms with Crippen molar-refractivity contribution >= 4 is 5.91 Å². The molecule has 1 amide bonds. The number of hydrogen-bond acceptors (Lipinski definition) is 2. The fraction of sp³-hybridized carbons (Fsp3) is 0.909. The van der Waals surface area contributed by atoms with Gasteiger partial charge in [0.1, 0.15) is 0 Å². The van der Waals surface area contributed by atoms with E-state index in [2.05, 4.69) is 12.2 Å². The molecule has 1 aliphatic carbocycles. The minimum atomic E-state index is 0.00246. The van der Waals surface area contributed by atoms with Gasteiger partial charge in [0.15, 0.2) is 0 Å². The lowest BCUT2D eigenvalue weighted by Gasteiger charge is -2.17. The molecule has 0 saturated heterocycles. The van der Waals surface area contributed by atoms with Crippen LogP contribution >= 0.6 is 0 Å². The van der Waals surface area contributed by atoms with E-state index in [1.807, 2.05) is 6.92 Å². The van der Waals surface area contributed by atoms with Crippen molar-refractivity contribution in [3.63, 3.8) is 0 Å². The zero-order chi connectivity index (χ0) is 10.6. The third-order valence-corrected chi connectivity index (χ3v) is 3.49. The summed E-state index contributed by atoms with van der Waals surface area (Å²) >= 11 is 0. The standard InChI is InChI=1S/C11H22N2O/c1-3-9(7-12)10(14)13-8-11(4-2)5-6-11/h9H,3-8,12H2,1-2H3,(H,13,14). The van der Waals surface area contributed by atoms with Crippen molar-refractivity contribution in [1.29, 1.82) is 0 Å². The maximum absolute atomic E-state index is 11.6. The van der Waals surface area contributed by atoms with Gasteiger partial charge in [0.25, 0.3) is 0 Å². The first-order valence-electron chi connectivity index (χ1n) is 5.65. The van der Waals surface area contributed by atoms with Crippen LogP contribution in [-0.4, -0.2) is 19.0 Å². The van der Waals surface area contributed by atoms with E-state index in [9.17, 15) is 4.79 Å². The molecule has 1 rings (SSSR count). The third-order valence-electron chi connectivity index (χ3n) is 3.49. The van der Waals surface area contributed by atoms with E-state index in [1.54, 1.807) is 0 Å². The van der Waals surface area contributed by atoms with Crippen LogP contribution in [0, 0.1) is 11.3 Å². The van der Waals surface area contributed by atoms with E-state index < -0.39 is 0 Å². The van der Waals surface area contributed by atoms with E-state index in [0.29, 0.717) is 12.0 Å². The maximum Gasteiger partial charge on any atom is 0.224 e. The molecular weight excluding hydrogens is 176 g/mol. The number of carbonyl (C=O) groups excluding carboxylic acids is 1. The summed E-state index contributed by atoms with van der Waals surface area (Å²) in [4.78, 5) is 11.6. The molecule has 1 atom stereocenters. The SMILES string of the molecule is CCC(CN)C(=O)NCC1(CC)CC1. The van der Waals surface area contributed by atoms with Gasteiger partial charge in [-0.2, -0.15) is 0 Å². The summed E-state index contributed by atoms with van der Waals surface area (Å²) in [5.41, 5.74) is 5.94. The summed E-state index contributed by atoms with van der Waals surface area (Å²) in [5, 5.41) is 3.02. The summed E-state index contributed by atoms with van der Waals surface area (Å²) < 4.78 is 0. The number of carbonyl (C=O) groups is 1. The van der Waals surface area contributed by atoms with E-state index in [1.165, 1.54) is 19.3 Å². The normalized spacial score (nSPS) is 20.2. The van der Waals surface area contributed by atoms with Gasteiger partial charge >= 0.3 is 0 Å². The average Bonchev–Trinajstić information content (AvgIpc) is 2.97. The van der Waals surface area contributed by atoms with Crippen molar-refractivity contribution in [2.75, 3.05) is 13.1 Å². The Hall–Kier alpha value is -0.570. The minimum Gasteiger partial charge on any atom is -0.355 e. The van der Waals surface area contributed by atoms with E-state index in [0.717, 1.165) is 13.0 Å². The van der Waals surface area contributed by atoms with Gasteiger partial charge in [-0.1, -0.05) is 13.8 Å². The zero-order valence-electron chi connectivity index (χ0n) is 9.31. The van der Waals surface area contributed by atoms with Crippen LogP contribution in [0.4, 0.5) is 0 Å². The number of hydrogen-bond donors (Lipinski definition) is 2. The second kappa shape index (κ2) is 4.78. The molecule has 3 N–H and O–H groups in total. The largest absolute Gasteiger partial charge is 0.355 e. The Morgan fingerprint density at radius 2 is 2.14 bits per heavy atom. The molecular formula is C11H22N2O. The number of rotatable bonds is 6. The Bertz CT molecular complexity index is 195. The predicted molar refractivity (Wildman–Crippen MR) is 57.8 cm³/mol. The summed E-state index contributed by atoms with van der Waals surface area (Å²) in [7, 11) is 0. The molecule has 3 nitrogen and oxygen atoms in total. The molecule has 1 saturated carbocycles. The van der Waals surface area contributed by atoms with E-state index >= 15 is 0 Å². The lowest BCUT2D eigenvalue weighted by atomic mass is 10.0. The summed E-state index contributed by atoms with van der Waals surface area (Å²) in [6, 6.07) is 0. The van der Waals surface area contributed by atoms with Crippen LogP contribution in [0.2, 0.25) is 0 Å². The van der Waals surface area contributed by atoms with Crippen LogP contribution in [0.15, 0.2) is 0 Å². The molecule has 1 unspecified atom stereocenters. The quantitative estimate of drug-likeness (QED) is 0.675. The van der Waals surface area contributed by atoms with Crippen LogP contribution in [0.5, 0.6) is 0 Å². The second-order valence-corrected chi connectivity index (χ2v) is 4.41. The highest BCUT2D eigenvalue weighted by Crippen LogP contribution is 2.47. The third kappa shape index (κ3) is 2.71. The van der Waals surface area contributed by atoms with E-state index in [4.69, 9.17) is 5.73 Å². The lowest BCUT2D eigenvalue weighted by Crippen LogP contribution is -2.37. The fourth-order valence-electron chi connectivity index (χ4n) is 1.71. The Morgan fingerprint density at radius 3 is 2.50 bits per heavy atom. The highest BCUT2D eigenvalue weighted by Gasteiger charge is 2.40. The van der Waals surface area contributed by atoms with Crippen molar-refractivity contribution < 1.29 is 4.79 Å². The van der Waals surface area contributed by atoms with Gasteiger partial charge in [-0.15, -0.1) is 0 Å². The molecule has 0 bridgehead atoms. The number of nitrogens with two attached hydrogens (primary N) is 1. The molecule has 0 aliphatic heterocycles. The highest BCUT2D eigenvalue weighted by atomic mass is 16.1. The van der Waals surface area contributed by atoms with Crippen LogP contribution < -0.4 is 11.1 Å². The van der Waals surface area contributed by atoms with E-state index in [-0.39, 0.29) is 11.8 Å². The minimum absolute atomic E-state index is 0.00246. The van der Waals surface area contributed by atoms with Crippen molar-refractivity contribution in [3.05, 3.63) is 0 Å². The average molecular weight is 198 g/mol. The van der Waals surface area contributed by atoms with Gasteiger partial charge in [0, 0.05) is 19.0 Å². The molecule has 0 spiro atoms. The van der Waals surface area contributed by atoms with Crippen molar-refractivity contribution in [2.45, 2.75) is 39.5 Å². The molecule has 3 heteroatoms. The van der Waals surface area contributed by atoms with Gasteiger partial charge in [0.2, 0.25) is 5.91 Å². The monoisotopic (exact) mass is 198 g/mol. The molecule has 1 aliphatic rings. The second-order valence-electron chi connectivity index (χ2n) is 4.41. The van der Waals surface area contributed by atoms with Crippen LogP contribution in [0.1, 0.15) is 39.5 Å². The van der Waals surface area contributed by atoms with Gasteiger partial charge in [-0.3, -0.25) is 4.79 Å². The number of amides is 1. The summed E-state index contributed by atoms with van der Waals surface area (Å²) in [6.45, 7) is 5.50. The Kier molecular flexibility index (Phi) is 3.93. The summed E-state index contributed by atoms with van der Waals surface area (Å²) in [5.74, 6) is 0.136. The molecule has 0 heterocycles. The van der Waals surface area contributed by atoms with Crippen molar-refractivity contribution in [2.24, 2.45) is 17.1 Å². The Balaban J connectivity index is 2.27. The molecule has 0 aromatic heterocycles. The van der Waals surface area contributed by atoms with Gasteiger partial charge in [-0.05, 0) is 31.1 Å². The molecule has 1 fully saturated rings. The zero-order valence-corrected chi connectivity index (χ0v) is 9.31. The molecule has 82 valence electrons. The topological polar surface area (TPSA) is 55.1 Å². The van der Waals surface area contributed by atoms with Gasteiger partial charge in [0.05, 0.1) is 0 Å². The lowest BCUT2D eigenvalue weighted by molar-refractivity contribution is -0.125. The van der Waals surface area contributed by atoms with Crippen molar-refractivity contribution in [3.8, 4) is 0 Å². The van der Waals surface area contributed by atoms with Crippen LogP contribution in [-0.2, 0) is 4.79 Å². The highest BCUT2D eigenvalue weighted by molar-refractivity contribution is 5.78. The number of nitrogens with one attached hydrogen (secondary N) is 1. The Labute approximate surface area is 86.4 Å². The first kappa shape index (κ1) is 11.5. The smallest absolute Gasteiger partial charge is 0.224 e. The van der Waals surface area contributed by atoms with Gasteiger partial charge < -0.3 is 11.1 Å². The van der Waals surface area contributed by atoms with Crippen LogP contribution in [0.25, 0.3) is 0 Å².